The first kappa shape index (κ1) is 12.1. The Morgan fingerprint density at radius 2 is 1.89 bits per heavy atom. The van der Waals surface area contributed by atoms with Crippen molar-refractivity contribution < 1.29 is 4.39 Å². The summed E-state index contributed by atoms with van der Waals surface area (Å²) in [4.78, 5) is 2.55. The Morgan fingerprint density at radius 1 is 1.22 bits per heavy atom. The maximum Gasteiger partial charge on any atom is 0.123 e. The van der Waals surface area contributed by atoms with E-state index in [4.69, 9.17) is 5.73 Å². The molecule has 3 fully saturated rings. The van der Waals surface area contributed by atoms with Gasteiger partial charge in [-0.25, -0.2) is 4.39 Å². The number of fused-ring (bicyclic) bond motifs is 3. The highest BCUT2D eigenvalue weighted by atomic mass is 19.1. The summed E-state index contributed by atoms with van der Waals surface area (Å²) in [5.74, 6) is 1.69. The molecule has 0 aliphatic carbocycles. The van der Waals surface area contributed by atoms with Crippen LogP contribution in [0.1, 0.15) is 24.3 Å². The third kappa shape index (κ3) is 2.17. The van der Waals surface area contributed by atoms with E-state index in [1.807, 2.05) is 12.1 Å². The molecule has 3 heteroatoms. The van der Waals surface area contributed by atoms with Crippen LogP contribution in [-0.2, 0) is 0 Å². The highest BCUT2D eigenvalue weighted by molar-refractivity contribution is 5.22. The molecule has 4 rings (SSSR count). The van der Waals surface area contributed by atoms with Gasteiger partial charge < -0.3 is 10.6 Å². The number of nitrogens with two attached hydrogens (primary N) is 1. The molecule has 18 heavy (non-hydrogen) atoms. The fourth-order valence-corrected chi connectivity index (χ4v) is 3.73. The van der Waals surface area contributed by atoms with E-state index < -0.39 is 0 Å². The van der Waals surface area contributed by atoms with Crippen LogP contribution < -0.4 is 5.73 Å². The molecule has 0 radical (unpaired) electrons. The molecule has 2 bridgehead atoms. The molecule has 0 aromatic heterocycles. The van der Waals surface area contributed by atoms with Crippen LogP contribution in [-0.4, -0.2) is 31.1 Å². The molecule has 2 nitrogen and oxygen atoms in total. The van der Waals surface area contributed by atoms with Crippen LogP contribution in [0.2, 0.25) is 0 Å². The highest BCUT2D eigenvalue weighted by Crippen LogP contribution is 2.40. The fourth-order valence-electron chi connectivity index (χ4n) is 3.73. The van der Waals surface area contributed by atoms with E-state index in [0.29, 0.717) is 18.4 Å². The molecule has 0 spiro atoms. The minimum atomic E-state index is -0.163. The predicted octanol–water partition coefficient (Wildman–Crippen LogP) is 2.21. The van der Waals surface area contributed by atoms with Crippen molar-refractivity contribution in [3.05, 3.63) is 35.6 Å². The molecule has 1 aromatic rings. The lowest BCUT2D eigenvalue weighted by atomic mass is 9.70. The van der Waals surface area contributed by atoms with Gasteiger partial charge in [0.05, 0.1) is 0 Å². The van der Waals surface area contributed by atoms with Crippen LogP contribution >= 0.6 is 0 Å². The van der Waals surface area contributed by atoms with Gasteiger partial charge in [-0.15, -0.1) is 0 Å². The molecule has 2 atom stereocenters. The molecule has 2 N–H and O–H groups in total. The van der Waals surface area contributed by atoms with Crippen LogP contribution in [0.25, 0.3) is 0 Å². The highest BCUT2D eigenvalue weighted by Gasteiger charge is 2.38. The van der Waals surface area contributed by atoms with Crippen LogP contribution in [0.15, 0.2) is 24.3 Å². The lowest BCUT2D eigenvalue weighted by molar-refractivity contribution is 0.0379. The van der Waals surface area contributed by atoms with Crippen LogP contribution in [0.3, 0.4) is 0 Å². The second kappa shape index (κ2) is 4.98. The van der Waals surface area contributed by atoms with E-state index in [1.54, 1.807) is 12.1 Å². The summed E-state index contributed by atoms with van der Waals surface area (Å²) in [5, 5.41) is 0. The minimum Gasteiger partial charge on any atom is -0.330 e. The van der Waals surface area contributed by atoms with Gasteiger partial charge in [-0.2, -0.15) is 0 Å². The van der Waals surface area contributed by atoms with Gasteiger partial charge in [0, 0.05) is 12.5 Å². The first-order valence-electron chi connectivity index (χ1n) is 6.96. The standard InChI is InChI=1S/C15H21FN2/c16-13-3-1-11(2-4-13)14(9-17)15-10-18-7-5-12(15)6-8-18/h1-4,12,14-15H,5-10,17H2. The lowest BCUT2D eigenvalue weighted by Gasteiger charge is -2.47. The summed E-state index contributed by atoms with van der Waals surface area (Å²) in [7, 11) is 0. The maximum atomic E-state index is 13.0. The monoisotopic (exact) mass is 248 g/mol. The van der Waals surface area contributed by atoms with Crippen molar-refractivity contribution in [1.29, 1.82) is 0 Å². The normalized spacial score (nSPS) is 32.4. The van der Waals surface area contributed by atoms with Gasteiger partial charge in [-0.3, -0.25) is 0 Å². The van der Waals surface area contributed by atoms with Gasteiger partial charge in [0.1, 0.15) is 5.82 Å². The Hall–Kier alpha value is -0.930. The average Bonchev–Trinajstić information content (AvgIpc) is 2.43. The van der Waals surface area contributed by atoms with E-state index in [9.17, 15) is 4.39 Å². The molecule has 3 heterocycles. The summed E-state index contributed by atoms with van der Waals surface area (Å²) >= 11 is 0. The number of rotatable bonds is 3. The number of piperidine rings is 3. The van der Waals surface area contributed by atoms with Gasteiger partial charge >= 0.3 is 0 Å². The van der Waals surface area contributed by atoms with Crippen molar-refractivity contribution in [2.45, 2.75) is 18.8 Å². The van der Waals surface area contributed by atoms with Gasteiger partial charge in [-0.05, 0) is 62.0 Å². The molecule has 3 saturated heterocycles. The van der Waals surface area contributed by atoms with E-state index in [0.717, 1.165) is 5.92 Å². The van der Waals surface area contributed by atoms with Crippen molar-refractivity contribution in [1.82, 2.24) is 4.90 Å². The molecule has 2 unspecified atom stereocenters. The zero-order valence-electron chi connectivity index (χ0n) is 10.7. The molecule has 98 valence electrons. The number of halogens is 1. The number of hydrogen-bond acceptors (Lipinski definition) is 2. The molecule has 3 aliphatic heterocycles. The van der Waals surface area contributed by atoms with Crippen molar-refractivity contribution in [3.63, 3.8) is 0 Å². The number of benzene rings is 1. The smallest absolute Gasteiger partial charge is 0.123 e. The van der Waals surface area contributed by atoms with Gasteiger partial charge in [0.2, 0.25) is 0 Å². The Kier molecular flexibility index (Phi) is 3.35. The van der Waals surface area contributed by atoms with Crippen molar-refractivity contribution in [2.75, 3.05) is 26.2 Å². The molecular formula is C15H21FN2. The Labute approximate surface area is 108 Å². The second-order valence-electron chi connectivity index (χ2n) is 5.70. The molecule has 0 saturated carbocycles. The van der Waals surface area contributed by atoms with Gasteiger partial charge in [0.25, 0.3) is 0 Å². The molecular weight excluding hydrogens is 227 g/mol. The summed E-state index contributed by atoms with van der Waals surface area (Å²) in [6.45, 7) is 4.34. The first-order valence-corrected chi connectivity index (χ1v) is 6.96. The predicted molar refractivity (Wildman–Crippen MR) is 70.8 cm³/mol. The maximum absolute atomic E-state index is 13.0. The Morgan fingerprint density at radius 3 is 2.39 bits per heavy atom. The largest absolute Gasteiger partial charge is 0.330 e. The van der Waals surface area contributed by atoms with Crippen molar-refractivity contribution in [2.24, 2.45) is 17.6 Å². The van der Waals surface area contributed by atoms with E-state index in [2.05, 4.69) is 4.90 Å². The zero-order chi connectivity index (χ0) is 12.5. The second-order valence-corrected chi connectivity index (χ2v) is 5.70. The SMILES string of the molecule is NCC(c1ccc(F)cc1)C1CN2CCC1CC2. The van der Waals surface area contributed by atoms with Gasteiger partial charge in [-0.1, -0.05) is 12.1 Å². The van der Waals surface area contributed by atoms with Crippen molar-refractivity contribution in [3.8, 4) is 0 Å². The average molecular weight is 248 g/mol. The van der Waals surface area contributed by atoms with Crippen LogP contribution in [0, 0.1) is 17.7 Å². The first-order chi connectivity index (χ1) is 8.78. The van der Waals surface area contributed by atoms with E-state index >= 15 is 0 Å². The van der Waals surface area contributed by atoms with Gasteiger partial charge in [0.15, 0.2) is 0 Å². The quantitative estimate of drug-likeness (QED) is 0.888. The minimum absolute atomic E-state index is 0.163. The number of nitrogens with zero attached hydrogens (tertiary/aromatic N) is 1. The Balaban J connectivity index is 1.81. The summed E-state index contributed by atoms with van der Waals surface area (Å²) in [6.07, 6.45) is 2.62. The third-order valence-corrected chi connectivity index (χ3v) is 4.78. The summed E-state index contributed by atoms with van der Waals surface area (Å²) < 4.78 is 13.0. The van der Waals surface area contributed by atoms with E-state index in [-0.39, 0.29) is 5.82 Å². The molecule has 1 aromatic carbocycles. The molecule has 0 amide bonds. The van der Waals surface area contributed by atoms with Crippen molar-refractivity contribution >= 4 is 0 Å². The molecule has 3 aliphatic rings. The lowest BCUT2D eigenvalue weighted by Crippen LogP contribution is -2.50. The summed E-state index contributed by atoms with van der Waals surface area (Å²) in [6, 6.07) is 6.92. The van der Waals surface area contributed by atoms with E-state index in [1.165, 1.54) is 38.0 Å². The Bertz CT molecular complexity index is 395. The zero-order valence-corrected chi connectivity index (χ0v) is 10.7. The third-order valence-electron chi connectivity index (χ3n) is 4.78. The van der Waals surface area contributed by atoms with Crippen LogP contribution in [0.5, 0.6) is 0 Å². The summed E-state index contributed by atoms with van der Waals surface area (Å²) in [5.41, 5.74) is 7.20. The number of hydrogen-bond donors (Lipinski definition) is 1. The topological polar surface area (TPSA) is 29.3 Å². The fraction of sp³-hybridized carbons (Fsp3) is 0.600. The van der Waals surface area contributed by atoms with Crippen LogP contribution in [0.4, 0.5) is 4.39 Å².